The maximum Gasteiger partial charge on any atom is 0.343 e. The molecule has 2 N–H and O–H groups in total. The largest absolute Gasteiger partial charge is 0.440 e. The number of carbonyl (C=O) groups excluding carboxylic acids is 1. The summed E-state index contributed by atoms with van der Waals surface area (Å²) in [5, 5.41) is 11.4. The molecule has 0 radical (unpaired) electrons. The second-order valence-corrected chi connectivity index (χ2v) is 7.02. The predicted molar refractivity (Wildman–Crippen MR) is 101 cm³/mol. The van der Waals surface area contributed by atoms with Crippen LogP contribution in [0.4, 0.5) is 4.39 Å². The standard InChI is InChI=1S/C21H13FN2O3S/c22-13-5-3-12(4-6-13)21(25)26-14-7-8-15-17(10-14)27-20(24)16(11-23)19(15)18-2-1-9-28-18/h1-10,19H,24H2. The fourth-order valence-corrected chi connectivity index (χ4v) is 3.85. The fourth-order valence-electron chi connectivity index (χ4n) is 3.00. The van der Waals surface area contributed by atoms with Crippen LogP contribution in [0.15, 0.2) is 71.4 Å². The highest BCUT2D eigenvalue weighted by molar-refractivity contribution is 7.10. The molecule has 2 heterocycles. The third kappa shape index (κ3) is 3.21. The van der Waals surface area contributed by atoms with Crippen molar-refractivity contribution in [1.29, 1.82) is 5.26 Å². The van der Waals surface area contributed by atoms with Gasteiger partial charge >= 0.3 is 5.97 Å². The highest BCUT2D eigenvalue weighted by Crippen LogP contribution is 2.44. The molecule has 1 aliphatic rings. The van der Waals surface area contributed by atoms with Crippen LogP contribution in [-0.4, -0.2) is 5.97 Å². The van der Waals surface area contributed by atoms with Crippen LogP contribution < -0.4 is 15.2 Å². The van der Waals surface area contributed by atoms with E-state index in [0.29, 0.717) is 11.3 Å². The Hall–Kier alpha value is -3.63. The zero-order chi connectivity index (χ0) is 19.7. The summed E-state index contributed by atoms with van der Waals surface area (Å²) in [6.07, 6.45) is 0. The Morgan fingerprint density at radius 1 is 1.21 bits per heavy atom. The average molecular weight is 392 g/mol. The van der Waals surface area contributed by atoms with Crippen molar-refractivity contribution in [1.82, 2.24) is 0 Å². The van der Waals surface area contributed by atoms with Crippen molar-refractivity contribution in [2.75, 3.05) is 0 Å². The summed E-state index contributed by atoms with van der Waals surface area (Å²) in [4.78, 5) is 13.2. The van der Waals surface area contributed by atoms with Gasteiger partial charge in [0.15, 0.2) is 0 Å². The first-order valence-corrected chi connectivity index (χ1v) is 9.17. The predicted octanol–water partition coefficient (Wildman–Crippen LogP) is 4.32. The first-order chi connectivity index (χ1) is 13.6. The van der Waals surface area contributed by atoms with Crippen molar-refractivity contribution in [3.8, 4) is 17.6 Å². The van der Waals surface area contributed by atoms with E-state index in [2.05, 4.69) is 6.07 Å². The number of halogens is 1. The second kappa shape index (κ2) is 7.18. The van der Waals surface area contributed by atoms with Crippen molar-refractivity contribution in [3.05, 3.63) is 93.3 Å². The minimum Gasteiger partial charge on any atom is -0.440 e. The molecule has 3 aromatic rings. The van der Waals surface area contributed by atoms with Crippen molar-refractivity contribution in [3.63, 3.8) is 0 Å². The van der Waals surface area contributed by atoms with Gasteiger partial charge in [0.1, 0.15) is 29.0 Å². The van der Waals surface area contributed by atoms with Crippen LogP contribution in [-0.2, 0) is 0 Å². The Bertz CT molecular complexity index is 1120. The first-order valence-electron chi connectivity index (χ1n) is 8.29. The van der Waals surface area contributed by atoms with Crippen LogP contribution in [0.2, 0.25) is 0 Å². The number of hydrogen-bond acceptors (Lipinski definition) is 6. The fraction of sp³-hybridized carbons (Fsp3) is 0.0476. The van der Waals surface area contributed by atoms with E-state index >= 15 is 0 Å². The maximum atomic E-state index is 13.0. The van der Waals surface area contributed by atoms with Crippen molar-refractivity contribution >= 4 is 17.3 Å². The molecule has 28 heavy (non-hydrogen) atoms. The number of allylic oxidation sites excluding steroid dienone is 1. The van der Waals surface area contributed by atoms with Gasteiger partial charge in [0.25, 0.3) is 0 Å². The van der Waals surface area contributed by atoms with Gasteiger partial charge in [0.05, 0.1) is 11.5 Å². The highest BCUT2D eigenvalue weighted by atomic mass is 32.1. The van der Waals surface area contributed by atoms with Gasteiger partial charge < -0.3 is 15.2 Å². The first kappa shape index (κ1) is 17.8. The number of ether oxygens (including phenoxy) is 2. The second-order valence-electron chi connectivity index (χ2n) is 6.04. The van der Waals surface area contributed by atoms with Crippen LogP contribution in [0.1, 0.15) is 26.7 Å². The molecule has 0 saturated heterocycles. The number of benzene rings is 2. The number of fused-ring (bicyclic) bond motifs is 1. The number of carbonyl (C=O) groups is 1. The maximum absolute atomic E-state index is 13.0. The smallest absolute Gasteiger partial charge is 0.343 e. The molecule has 7 heteroatoms. The van der Waals surface area contributed by atoms with E-state index < -0.39 is 11.8 Å². The monoisotopic (exact) mass is 392 g/mol. The lowest BCUT2D eigenvalue weighted by Gasteiger charge is -2.25. The summed E-state index contributed by atoms with van der Waals surface area (Å²) in [5.74, 6) is -0.697. The lowest BCUT2D eigenvalue weighted by Crippen LogP contribution is -2.20. The molecule has 1 atom stereocenters. The van der Waals surface area contributed by atoms with Crippen LogP contribution in [0.5, 0.6) is 11.5 Å². The Balaban J connectivity index is 1.66. The molecule has 2 aromatic carbocycles. The molecule has 4 rings (SSSR count). The summed E-state index contributed by atoms with van der Waals surface area (Å²) in [6.45, 7) is 0. The van der Waals surface area contributed by atoms with Crippen molar-refractivity contribution < 1.29 is 18.7 Å². The molecular weight excluding hydrogens is 379 g/mol. The molecule has 0 saturated carbocycles. The lowest BCUT2D eigenvalue weighted by molar-refractivity contribution is 0.0734. The van der Waals surface area contributed by atoms with Gasteiger partial charge in [-0.1, -0.05) is 12.1 Å². The van der Waals surface area contributed by atoms with Gasteiger partial charge in [0, 0.05) is 16.5 Å². The van der Waals surface area contributed by atoms with E-state index in [1.54, 1.807) is 18.2 Å². The van der Waals surface area contributed by atoms with Gasteiger partial charge in [-0.3, -0.25) is 0 Å². The summed E-state index contributed by atoms with van der Waals surface area (Å²) >= 11 is 1.52. The molecular formula is C21H13FN2O3S. The molecule has 1 aliphatic heterocycles. The molecule has 0 spiro atoms. The Kier molecular flexibility index (Phi) is 4.55. The van der Waals surface area contributed by atoms with E-state index in [0.717, 1.165) is 10.4 Å². The molecule has 1 unspecified atom stereocenters. The van der Waals surface area contributed by atoms with Gasteiger partial charge in [-0.2, -0.15) is 5.26 Å². The van der Waals surface area contributed by atoms with Gasteiger partial charge in [-0.15, -0.1) is 11.3 Å². The molecule has 0 fully saturated rings. The topological polar surface area (TPSA) is 85.3 Å². The number of nitrogens with zero attached hydrogens (tertiary/aromatic N) is 1. The van der Waals surface area contributed by atoms with E-state index in [9.17, 15) is 14.4 Å². The van der Waals surface area contributed by atoms with Gasteiger partial charge in [0.2, 0.25) is 5.88 Å². The number of nitriles is 1. The zero-order valence-electron chi connectivity index (χ0n) is 14.4. The lowest BCUT2D eigenvalue weighted by atomic mass is 9.88. The molecule has 0 aliphatic carbocycles. The van der Waals surface area contributed by atoms with Crippen molar-refractivity contribution in [2.24, 2.45) is 5.73 Å². The third-order valence-electron chi connectivity index (χ3n) is 4.31. The van der Waals surface area contributed by atoms with Crippen LogP contribution >= 0.6 is 11.3 Å². The summed E-state index contributed by atoms with van der Waals surface area (Å²) in [5.41, 5.74) is 7.28. The molecule has 1 aromatic heterocycles. The summed E-state index contributed by atoms with van der Waals surface area (Å²) in [6, 6.07) is 16.0. The minimum absolute atomic E-state index is 0.0235. The SMILES string of the molecule is N#CC1=C(N)Oc2cc(OC(=O)c3ccc(F)cc3)ccc2C1c1cccs1. The van der Waals surface area contributed by atoms with Crippen molar-refractivity contribution in [2.45, 2.75) is 5.92 Å². The summed E-state index contributed by atoms with van der Waals surface area (Å²) in [7, 11) is 0. The van der Waals surface area contributed by atoms with Crippen LogP contribution in [0.25, 0.3) is 0 Å². The number of thiophene rings is 1. The van der Waals surface area contributed by atoms with E-state index in [1.165, 1.54) is 35.6 Å². The van der Waals surface area contributed by atoms with Gasteiger partial charge in [-0.25, -0.2) is 9.18 Å². The van der Waals surface area contributed by atoms with Crippen LogP contribution in [0, 0.1) is 17.1 Å². The third-order valence-corrected chi connectivity index (χ3v) is 5.25. The number of rotatable bonds is 3. The Morgan fingerprint density at radius 2 is 2.00 bits per heavy atom. The minimum atomic E-state index is -0.619. The normalized spacial score (nSPS) is 15.4. The Labute approximate surface area is 164 Å². The van der Waals surface area contributed by atoms with E-state index in [-0.39, 0.29) is 23.1 Å². The molecule has 138 valence electrons. The van der Waals surface area contributed by atoms with Gasteiger partial charge in [-0.05, 0) is 41.8 Å². The number of hydrogen-bond donors (Lipinski definition) is 1. The highest BCUT2D eigenvalue weighted by Gasteiger charge is 2.31. The number of nitrogens with two attached hydrogens (primary N) is 1. The molecule has 5 nitrogen and oxygen atoms in total. The average Bonchev–Trinajstić information content (AvgIpc) is 3.21. The Morgan fingerprint density at radius 3 is 2.68 bits per heavy atom. The van der Waals surface area contributed by atoms with Crippen LogP contribution in [0.3, 0.4) is 0 Å². The zero-order valence-corrected chi connectivity index (χ0v) is 15.2. The van der Waals surface area contributed by atoms with E-state index in [1.807, 2.05) is 17.5 Å². The van der Waals surface area contributed by atoms with E-state index in [4.69, 9.17) is 15.2 Å². The summed E-state index contributed by atoms with van der Waals surface area (Å²) < 4.78 is 24.0. The molecule has 0 bridgehead atoms. The molecule has 0 amide bonds. The number of esters is 1. The quantitative estimate of drug-likeness (QED) is 0.530.